The fourth-order valence-corrected chi connectivity index (χ4v) is 6.29. The normalized spacial score (nSPS) is 10.9. The molecule has 0 radical (unpaired) electrons. The van der Waals surface area contributed by atoms with Crippen molar-refractivity contribution in [2.75, 3.05) is 0 Å². The summed E-state index contributed by atoms with van der Waals surface area (Å²) in [6.45, 7) is 0. The summed E-state index contributed by atoms with van der Waals surface area (Å²) >= 11 is 1.62. The lowest BCUT2D eigenvalue weighted by molar-refractivity contribution is 1.10. The molecule has 0 unspecified atom stereocenters. The summed E-state index contributed by atoms with van der Waals surface area (Å²) in [5, 5.41) is 0. The third-order valence-corrected chi connectivity index (χ3v) is 7.32. The second-order valence-corrected chi connectivity index (χ2v) is 8.71. The molecule has 3 aromatic heterocycles. The Kier molecular flexibility index (Phi) is 4.54. The van der Waals surface area contributed by atoms with Crippen LogP contribution in [-0.2, 0) is 5.75 Å². The van der Waals surface area contributed by atoms with Gasteiger partial charge in [-0.2, -0.15) is 0 Å². The smallest absolute Gasteiger partial charge is 0.164 e. The van der Waals surface area contributed by atoms with E-state index in [4.69, 9.17) is 0 Å². The Labute approximate surface area is 125 Å². The average Bonchev–Trinajstić information content (AvgIpc) is 2.87. The van der Waals surface area contributed by atoms with E-state index in [9.17, 15) is 0 Å². The highest BCUT2D eigenvalue weighted by Crippen LogP contribution is 2.43. The van der Waals surface area contributed by atoms with E-state index in [0.717, 1.165) is 26.1 Å². The zero-order valence-corrected chi connectivity index (χ0v) is 12.9. The van der Waals surface area contributed by atoms with E-state index in [-0.39, 0.29) is 0 Å². The minimum absolute atomic E-state index is 0.842. The number of hydrogen-bond acceptors (Lipinski definition) is 8. The van der Waals surface area contributed by atoms with Crippen molar-refractivity contribution in [3.8, 4) is 0 Å². The van der Waals surface area contributed by atoms with Gasteiger partial charge in [-0.1, -0.05) is 22.1 Å². The van der Waals surface area contributed by atoms with Crippen LogP contribution in [0.15, 0.2) is 41.3 Å². The van der Waals surface area contributed by atoms with Crippen molar-refractivity contribution >= 4 is 53.1 Å². The number of fused-ring (bicyclic) bond motifs is 1. The lowest BCUT2D eigenvalue weighted by atomic mass is 10.5. The Balaban J connectivity index is 1.52. The molecule has 0 saturated carbocycles. The maximum Gasteiger partial charge on any atom is 0.164 e. The van der Waals surface area contributed by atoms with Crippen molar-refractivity contribution in [1.82, 2.24) is 19.9 Å². The molecule has 0 aliphatic rings. The van der Waals surface area contributed by atoms with Crippen molar-refractivity contribution in [3.05, 3.63) is 42.6 Å². The van der Waals surface area contributed by atoms with E-state index in [1.807, 2.05) is 12.1 Å². The molecule has 0 aromatic carbocycles. The van der Waals surface area contributed by atoms with Gasteiger partial charge in [0.1, 0.15) is 10.3 Å². The summed E-state index contributed by atoms with van der Waals surface area (Å²) < 4.78 is 1.03. The fraction of sp³-hybridized carbons (Fsp3) is 0.0909. The predicted molar refractivity (Wildman–Crippen MR) is 84.2 cm³/mol. The maximum absolute atomic E-state index is 4.51. The fourth-order valence-electron chi connectivity index (χ4n) is 1.33. The highest BCUT2D eigenvalue weighted by molar-refractivity contribution is 9.09. The minimum Gasteiger partial charge on any atom is -0.261 e. The van der Waals surface area contributed by atoms with E-state index in [1.54, 1.807) is 67.5 Å². The number of pyridine rings is 1. The summed E-state index contributed by atoms with van der Waals surface area (Å²) in [6, 6.07) is 3.90. The van der Waals surface area contributed by atoms with Crippen LogP contribution in [0.5, 0.6) is 0 Å². The van der Waals surface area contributed by atoms with Crippen molar-refractivity contribution in [2.24, 2.45) is 0 Å². The van der Waals surface area contributed by atoms with Gasteiger partial charge in [-0.05, 0) is 32.8 Å². The van der Waals surface area contributed by atoms with Crippen molar-refractivity contribution < 1.29 is 0 Å². The zero-order chi connectivity index (χ0) is 12.9. The van der Waals surface area contributed by atoms with Gasteiger partial charge in [0, 0.05) is 30.5 Å². The number of thiazole rings is 1. The van der Waals surface area contributed by atoms with E-state index in [1.165, 1.54) is 0 Å². The summed E-state index contributed by atoms with van der Waals surface area (Å²) in [5.41, 5.74) is 1.96. The molecule has 3 aromatic rings. The highest BCUT2D eigenvalue weighted by atomic mass is 33.5. The highest BCUT2D eigenvalue weighted by Gasteiger charge is 2.05. The molecule has 0 saturated heterocycles. The average molecular weight is 324 g/mol. The lowest BCUT2D eigenvalue weighted by Crippen LogP contribution is -1.84. The summed E-state index contributed by atoms with van der Waals surface area (Å²) in [4.78, 5) is 18.1. The molecule has 0 N–H and O–H groups in total. The topological polar surface area (TPSA) is 51.6 Å². The zero-order valence-electron chi connectivity index (χ0n) is 9.59. The summed E-state index contributed by atoms with van der Waals surface area (Å²) in [5.74, 6) is 0.842. The van der Waals surface area contributed by atoms with Crippen molar-refractivity contribution in [1.29, 1.82) is 0 Å². The molecule has 96 valence electrons. The monoisotopic (exact) mass is 324 g/mol. The van der Waals surface area contributed by atoms with Crippen LogP contribution < -0.4 is 0 Å². The summed E-state index contributed by atoms with van der Waals surface area (Å²) in [6.07, 6.45) is 6.99. The standard InChI is InChI=1S/C11H8N4S4/c1-2-9-10(14-3-1)17-11(15-9)18-19-16-7-8-6-12-4-5-13-8/h1-6H,7H2. The van der Waals surface area contributed by atoms with Gasteiger partial charge in [0.15, 0.2) is 4.34 Å². The molecule has 4 nitrogen and oxygen atoms in total. The van der Waals surface area contributed by atoms with E-state index in [0.29, 0.717) is 0 Å². The van der Waals surface area contributed by atoms with Crippen LogP contribution in [0.1, 0.15) is 5.69 Å². The third kappa shape index (κ3) is 3.59. The van der Waals surface area contributed by atoms with Gasteiger partial charge in [-0.15, -0.1) is 0 Å². The van der Waals surface area contributed by atoms with Gasteiger partial charge >= 0.3 is 0 Å². The second kappa shape index (κ2) is 6.56. The van der Waals surface area contributed by atoms with Crippen molar-refractivity contribution in [2.45, 2.75) is 10.1 Å². The molecule has 0 atom stereocenters. The molecular weight excluding hydrogens is 316 g/mol. The first-order valence-electron chi connectivity index (χ1n) is 5.34. The Hall–Kier alpha value is -0.830. The SMILES string of the molecule is c1cnc2sc(SSSCc3cnccn3)nc2c1. The molecule has 0 fully saturated rings. The number of nitrogens with zero attached hydrogens (tertiary/aromatic N) is 4. The van der Waals surface area contributed by atoms with Crippen LogP contribution in [0.3, 0.4) is 0 Å². The largest absolute Gasteiger partial charge is 0.261 e. The van der Waals surface area contributed by atoms with Crippen LogP contribution in [0.4, 0.5) is 0 Å². The Morgan fingerprint density at radius 2 is 2.16 bits per heavy atom. The molecule has 0 spiro atoms. The second-order valence-electron chi connectivity index (χ2n) is 3.42. The molecule has 0 aliphatic heterocycles. The number of rotatable bonds is 5. The van der Waals surface area contributed by atoms with Gasteiger partial charge in [0.25, 0.3) is 0 Å². The first-order valence-corrected chi connectivity index (χ1v) is 9.81. The van der Waals surface area contributed by atoms with E-state index < -0.39 is 0 Å². The van der Waals surface area contributed by atoms with Gasteiger partial charge in [0.2, 0.25) is 0 Å². The van der Waals surface area contributed by atoms with Crippen LogP contribution in [0.25, 0.3) is 10.3 Å². The first-order chi connectivity index (χ1) is 9.42. The first kappa shape index (κ1) is 13.2. The van der Waals surface area contributed by atoms with E-state index >= 15 is 0 Å². The molecule has 8 heteroatoms. The molecule has 0 amide bonds. The molecule has 0 aliphatic carbocycles. The number of aromatic nitrogens is 4. The van der Waals surface area contributed by atoms with Crippen LogP contribution >= 0.6 is 42.8 Å². The summed E-state index contributed by atoms with van der Waals surface area (Å²) in [7, 11) is 5.10. The lowest BCUT2D eigenvalue weighted by Gasteiger charge is -1.97. The van der Waals surface area contributed by atoms with Crippen LogP contribution in [0, 0.1) is 0 Å². The molecule has 19 heavy (non-hydrogen) atoms. The Morgan fingerprint density at radius 3 is 3.00 bits per heavy atom. The Bertz CT molecular complexity index is 625. The van der Waals surface area contributed by atoms with Gasteiger partial charge in [-0.25, -0.2) is 9.97 Å². The molecular formula is C11H8N4S4. The van der Waals surface area contributed by atoms with Crippen LogP contribution in [-0.4, -0.2) is 19.9 Å². The Morgan fingerprint density at radius 1 is 1.16 bits per heavy atom. The van der Waals surface area contributed by atoms with Crippen molar-refractivity contribution in [3.63, 3.8) is 0 Å². The quantitative estimate of drug-likeness (QED) is 0.518. The third-order valence-electron chi connectivity index (χ3n) is 2.12. The van der Waals surface area contributed by atoms with E-state index in [2.05, 4.69) is 19.9 Å². The number of hydrogen-bond donors (Lipinski definition) is 0. The molecule has 3 heterocycles. The van der Waals surface area contributed by atoms with Crippen LogP contribution in [0.2, 0.25) is 0 Å². The molecule has 3 rings (SSSR count). The maximum atomic E-state index is 4.51. The van der Waals surface area contributed by atoms with Gasteiger partial charge in [-0.3, -0.25) is 9.97 Å². The predicted octanol–water partition coefficient (Wildman–Crippen LogP) is 4.07. The van der Waals surface area contributed by atoms with Gasteiger partial charge in [0.05, 0.1) is 5.69 Å². The molecule has 0 bridgehead atoms. The minimum atomic E-state index is 0.842. The van der Waals surface area contributed by atoms with Gasteiger partial charge < -0.3 is 0 Å².